The van der Waals surface area contributed by atoms with Crippen LogP contribution in [-0.2, 0) is 9.59 Å². The lowest BCUT2D eigenvalue weighted by Gasteiger charge is -2.04. The van der Waals surface area contributed by atoms with E-state index in [0.29, 0.717) is 5.69 Å². The van der Waals surface area contributed by atoms with E-state index in [-0.39, 0.29) is 24.7 Å². The van der Waals surface area contributed by atoms with Gasteiger partial charge in [0.1, 0.15) is 0 Å². The van der Waals surface area contributed by atoms with Crippen LogP contribution < -0.4 is 10.7 Å². The predicted octanol–water partition coefficient (Wildman–Crippen LogP) is 3.38. The number of hydrogen-bond acceptors (Lipinski definition) is 4. The Morgan fingerprint density at radius 3 is 2.55 bits per heavy atom. The summed E-state index contributed by atoms with van der Waals surface area (Å²) in [5.74, 6) is -0.501. The Labute approximate surface area is 140 Å². The van der Waals surface area contributed by atoms with E-state index in [9.17, 15) is 9.59 Å². The lowest BCUT2D eigenvalue weighted by Crippen LogP contribution is -2.20. The first-order valence-corrected chi connectivity index (χ1v) is 8.21. The van der Waals surface area contributed by atoms with Crippen LogP contribution in [0.4, 0.5) is 5.69 Å². The number of anilines is 1. The Hall–Kier alpha value is -1.99. The van der Waals surface area contributed by atoms with E-state index in [4.69, 9.17) is 0 Å². The second-order valence-electron chi connectivity index (χ2n) is 4.36. The number of nitrogens with one attached hydrogen (secondary N) is 2. The zero-order valence-electron chi connectivity index (χ0n) is 11.6. The van der Waals surface area contributed by atoms with Crippen LogP contribution in [0, 0.1) is 0 Å². The van der Waals surface area contributed by atoms with Gasteiger partial charge in [-0.1, -0.05) is 22.0 Å². The Morgan fingerprint density at radius 1 is 1.14 bits per heavy atom. The highest BCUT2D eigenvalue weighted by molar-refractivity contribution is 9.10. The van der Waals surface area contributed by atoms with E-state index in [1.165, 1.54) is 11.3 Å². The summed E-state index contributed by atoms with van der Waals surface area (Å²) in [5, 5.41) is 8.49. The first kappa shape index (κ1) is 16.4. The van der Waals surface area contributed by atoms with Gasteiger partial charge in [0.15, 0.2) is 0 Å². The number of rotatable bonds is 6. The number of benzene rings is 1. The van der Waals surface area contributed by atoms with Gasteiger partial charge in [-0.3, -0.25) is 9.59 Å². The lowest BCUT2D eigenvalue weighted by atomic mass is 10.2. The maximum atomic E-state index is 11.7. The maximum Gasteiger partial charge on any atom is 0.240 e. The first-order chi connectivity index (χ1) is 10.6. The summed E-state index contributed by atoms with van der Waals surface area (Å²) in [5.41, 5.74) is 3.10. The predicted molar refractivity (Wildman–Crippen MR) is 92.1 cm³/mol. The molecule has 0 fully saturated rings. The van der Waals surface area contributed by atoms with Gasteiger partial charge in [0, 0.05) is 27.9 Å². The van der Waals surface area contributed by atoms with Crippen molar-refractivity contribution in [3.63, 3.8) is 0 Å². The van der Waals surface area contributed by atoms with Crippen molar-refractivity contribution >= 4 is 51.0 Å². The SMILES string of the molecule is O=C(CCC(=O)Nc1ccc(Br)cc1)NN=Cc1cccs1. The van der Waals surface area contributed by atoms with Gasteiger partial charge in [-0.05, 0) is 35.7 Å². The number of thiophene rings is 1. The van der Waals surface area contributed by atoms with Gasteiger partial charge in [0.2, 0.25) is 11.8 Å². The summed E-state index contributed by atoms with van der Waals surface area (Å²) in [7, 11) is 0. The maximum absolute atomic E-state index is 11.7. The minimum absolute atomic E-state index is 0.0874. The monoisotopic (exact) mass is 379 g/mol. The van der Waals surface area contributed by atoms with Crippen LogP contribution in [-0.4, -0.2) is 18.0 Å². The summed E-state index contributed by atoms with van der Waals surface area (Å²) in [4.78, 5) is 24.2. The van der Waals surface area contributed by atoms with Crippen LogP contribution in [0.3, 0.4) is 0 Å². The van der Waals surface area contributed by atoms with E-state index in [1.807, 2.05) is 29.6 Å². The minimum Gasteiger partial charge on any atom is -0.326 e. The average Bonchev–Trinajstić information content (AvgIpc) is 3.01. The third kappa shape index (κ3) is 5.79. The third-order valence-corrected chi connectivity index (χ3v) is 3.97. The van der Waals surface area contributed by atoms with Crippen molar-refractivity contribution < 1.29 is 9.59 Å². The molecule has 1 aromatic carbocycles. The molecule has 2 N–H and O–H groups in total. The zero-order valence-corrected chi connectivity index (χ0v) is 14.0. The fourth-order valence-corrected chi connectivity index (χ4v) is 2.42. The van der Waals surface area contributed by atoms with Crippen molar-refractivity contribution in [3.8, 4) is 0 Å². The molecule has 0 aliphatic rings. The first-order valence-electron chi connectivity index (χ1n) is 6.54. The standard InChI is InChI=1S/C15H14BrN3O2S/c16-11-3-5-12(6-4-11)18-14(20)7-8-15(21)19-17-10-13-2-1-9-22-13/h1-6,9-10H,7-8H2,(H,18,20)(H,19,21). The van der Waals surface area contributed by atoms with Crippen LogP contribution in [0.25, 0.3) is 0 Å². The third-order valence-electron chi connectivity index (χ3n) is 2.63. The molecular weight excluding hydrogens is 366 g/mol. The zero-order chi connectivity index (χ0) is 15.8. The molecule has 2 rings (SSSR count). The van der Waals surface area contributed by atoms with Crippen LogP contribution in [0.1, 0.15) is 17.7 Å². The summed E-state index contributed by atoms with van der Waals surface area (Å²) >= 11 is 4.85. The molecule has 1 heterocycles. The number of hydrazone groups is 1. The van der Waals surface area contributed by atoms with Crippen molar-refractivity contribution in [1.82, 2.24) is 5.43 Å². The van der Waals surface area contributed by atoms with Gasteiger partial charge in [0.05, 0.1) is 6.21 Å². The second-order valence-corrected chi connectivity index (χ2v) is 6.26. The van der Waals surface area contributed by atoms with Gasteiger partial charge in [0.25, 0.3) is 0 Å². The minimum atomic E-state index is -0.293. The summed E-state index contributed by atoms with van der Waals surface area (Å²) < 4.78 is 0.938. The summed E-state index contributed by atoms with van der Waals surface area (Å²) in [6, 6.07) is 11.0. The second kappa shape index (κ2) is 8.45. The molecule has 22 heavy (non-hydrogen) atoms. The Balaban J connectivity index is 1.69. The number of carbonyl (C=O) groups excluding carboxylic acids is 2. The smallest absolute Gasteiger partial charge is 0.240 e. The molecule has 0 aliphatic carbocycles. The lowest BCUT2D eigenvalue weighted by molar-refractivity contribution is -0.124. The van der Waals surface area contributed by atoms with Gasteiger partial charge in [-0.15, -0.1) is 11.3 Å². The molecule has 114 valence electrons. The number of carbonyl (C=O) groups is 2. The molecule has 0 saturated carbocycles. The van der Waals surface area contributed by atoms with Crippen molar-refractivity contribution in [2.45, 2.75) is 12.8 Å². The molecule has 0 radical (unpaired) electrons. The Kier molecular flexibility index (Phi) is 6.29. The molecule has 7 heteroatoms. The summed E-state index contributed by atoms with van der Waals surface area (Å²) in [6.07, 6.45) is 1.77. The van der Waals surface area contributed by atoms with Crippen molar-refractivity contribution in [1.29, 1.82) is 0 Å². The Bertz CT molecular complexity index is 654. The van der Waals surface area contributed by atoms with E-state index in [0.717, 1.165) is 9.35 Å². The fraction of sp³-hybridized carbons (Fsp3) is 0.133. The van der Waals surface area contributed by atoms with Crippen LogP contribution >= 0.6 is 27.3 Å². The van der Waals surface area contributed by atoms with Gasteiger partial charge < -0.3 is 5.32 Å². The number of halogens is 1. The molecule has 0 bridgehead atoms. The average molecular weight is 380 g/mol. The van der Waals surface area contributed by atoms with E-state index >= 15 is 0 Å². The largest absolute Gasteiger partial charge is 0.326 e. The Morgan fingerprint density at radius 2 is 1.86 bits per heavy atom. The molecule has 0 spiro atoms. The molecule has 2 amide bonds. The quantitative estimate of drug-likeness (QED) is 0.596. The fourth-order valence-electron chi connectivity index (χ4n) is 1.57. The van der Waals surface area contributed by atoms with Crippen molar-refractivity contribution in [2.75, 3.05) is 5.32 Å². The van der Waals surface area contributed by atoms with E-state index in [1.54, 1.807) is 18.3 Å². The van der Waals surface area contributed by atoms with Gasteiger partial charge >= 0.3 is 0 Å². The highest BCUT2D eigenvalue weighted by atomic mass is 79.9. The molecule has 2 aromatic rings. The van der Waals surface area contributed by atoms with Crippen molar-refractivity contribution in [3.05, 3.63) is 51.1 Å². The molecule has 0 unspecified atom stereocenters. The topological polar surface area (TPSA) is 70.6 Å². The van der Waals surface area contributed by atoms with E-state index in [2.05, 4.69) is 31.8 Å². The number of nitrogens with zero attached hydrogens (tertiary/aromatic N) is 1. The highest BCUT2D eigenvalue weighted by Crippen LogP contribution is 2.14. The summed E-state index contributed by atoms with van der Waals surface area (Å²) in [6.45, 7) is 0. The molecule has 0 aliphatic heterocycles. The molecular formula is C15H14BrN3O2S. The van der Waals surface area contributed by atoms with Crippen molar-refractivity contribution in [2.24, 2.45) is 5.10 Å². The van der Waals surface area contributed by atoms with Gasteiger partial charge in [-0.2, -0.15) is 5.10 Å². The van der Waals surface area contributed by atoms with Crippen LogP contribution in [0.2, 0.25) is 0 Å². The normalized spacial score (nSPS) is 10.6. The van der Waals surface area contributed by atoms with Crippen LogP contribution in [0.15, 0.2) is 51.4 Å². The highest BCUT2D eigenvalue weighted by Gasteiger charge is 2.06. The van der Waals surface area contributed by atoms with Crippen LogP contribution in [0.5, 0.6) is 0 Å². The van der Waals surface area contributed by atoms with Gasteiger partial charge in [-0.25, -0.2) is 5.43 Å². The number of hydrogen-bond donors (Lipinski definition) is 2. The molecule has 5 nitrogen and oxygen atoms in total. The number of amides is 2. The molecule has 1 aromatic heterocycles. The van der Waals surface area contributed by atoms with E-state index < -0.39 is 0 Å². The molecule has 0 atom stereocenters. The molecule has 0 saturated heterocycles.